The molecule has 30 heavy (non-hydrogen) atoms. The minimum absolute atomic E-state index is 0.0745. The lowest BCUT2D eigenvalue weighted by Gasteiger charge is -2.39. The Morgan fingerprint density at radius 2 is 1.73 bits per heavy atom. The fourth-order valence-corrected chi connectivity index (χ4v) is 3.92. The first-order valence-corrected chi connectivity index (χ1v) is 10.4. The molecule has 0 radical (unpaired) electrons. The van der Waals surface area contributed by atoms with Crippen LogP contribution < -0.4 is 4.90 Å². The highest BCUT2D eigenvalue weighted by molar-refractivity contribution is 5.94. The zero-order valence-corrected chi connectivity index (χ0v) is 17.5. The van der Waals surface area contributed by atoms with Crippen LogP contribution >= 0.6 is 0 Å². The average molecular weight is 413 g/mol. The molecule has 2 aromatic rings. The summed E-state index contributed by atoms with van der Waals surface area (Å²) in [7, 11) is 0. The maximum absolute atomic E-state index is 13.4. The lowest BCUT2D eigenvalue weighted by Crippen LogP contribution is -2.47. The number of hydrogen-bond donors (Lipinski definition) is 0. The number of nitro groups is 1. The van der Waals surface area contributed by atoms with E-state index in [1.54, 1.807) is 24.3 Å². The molecule has 3 rings (SSSR count). The number of non-ortho nitro benzene ring substituents is 1. The summed E-state index contributed by atoms with van der Waals surface area (Å²) in [6, 6.07) is 12.9. The molecule has 7 heteroatoms. The Kier molecular flexibility index (Phi) is 7.15. The van der Waals surface area contributed by atoms with Crippen molar-refractivity contribution in [3.05, 3.63) is 70.0 Å². The molecular weight excluding hydrogens is 385 g/mol. The molecule has 160 valence electrons. The number of carbonyl (C=O) groups is 1. The summed E-state index contributed by atoms with van der Waals surface area (Å²) in [5, 5.41) is 10.8. The summed E-state index contributed by atoms with van der Waals surface area (Å²) >= 11 is 0. The smallest absolute Gasteiger partial charge is 0.269 e. The van der Waals surface area contributed by atoms with E-state index in [1.165, 1.54) is 24.3 Å². The van der Waals surface area contributed by atoms with Crippen LogP contribution in [-0.4, -0.2) is 34.9 Å². The van der Waals surface area contributed by atoms with E-state index in [4.69, 9.17) is 0 Å². The zero-order valence-electron chi connectivity index (χ0n) is 17.5. The number of halogens is 1. The quantitative estimate of drug-likeness (QED) is 0.484. The molecule has 0 atom stereocenters. The van der Waals surface area contributed by atoms with Crippen molar-refractivity contribution in [3.63, 3.8) is 0 Å². The van der Waals surface area contributed by atoms with Crippen LogP contribution in [0.1, 0.15) is 38.7 Å². The molecule has 0 unspecified atom stereocenters. The molecule has 1 heterocycles. The average Bonchev–Trinajstić information content (AvgIpc) is 2.71. The Bertz CT molecular complexity index is 860. The van der Waals surface area contributed by atoms with Crippen molar-refractivity contribution in [1.82, 2.24) is 4.90 Å². The molecule has 1 saturated heterocycles. The Hall–Kier alpha value is -2.80. The van der Waals surface area contributed by atoms with Crippen LogP contribution in [0.25, 0.3) is 0 Å². The second kappa shape index (κ2) is 9.80. The van der Waals surface area contributed by atoms with Crippen LogP contribution in [-0.2, 0) is 11.3 Å². The highest BCUT2D eigenvalue weighted by Crippen LogP contribution is 2.27. The molecule has 0 aliphatic carbocycles. The van der Waals surface area contributed by atoms with Gasteiger partial charge in [0.1, 0.15) is 5.82 Å². The number of hydrogen-bond acceptors (Lipinski definition) is 4. The number of piperidine rings is 1. The fraction of sp³-hybridized carbons (Fsp3) is 0.435. The molecule has 0 aromatic heterocycles. The molecular formula is C23H28FN3O3. The number of benzene rings is 2. The van der Waals surface area contributed by atoms with E-state index in [-0.39, 0.29) is 29.4 Å². The largest absolute Gasteiger partial charge is 0.309 e. The molecule has 1 aliphatic rings. The van der Waals surface area contributed by atoms with Gasteiger partial charge in [0.25, 0.3) is 5.69 Å². The van der Waals surface area contributed by atoms with E-state index in [0.717, 1.165) is 43.7 Å². The van der Waals surface area contributed by atoms with Crippen molar-refractivity contribution >= 4 is 17.3 Å². The van der Waals surface area contributed by atoms with Crippen molar-refractivity contribution in [1.29, 1.82) is 0 Å². The summed E-state index contributed by atoms with van der Waals surface area (Å²) < 4.78 is 13.4. The minimum atomic E-state index is -0.395. The molecule has 0 spiro atoms. The first-order valence-electron chi connectivity index (χ1n) is 10.4. The second-order valence-corrected chi connectivity index (χ2v) is 8.27. The molecule has 0 saturated carbocycles. The first kappa shape index (κ1) is 21.9. The van der Waals surface area contributed by atoms with Gasteiger partial charge >= 0.3 is 0 Å². The molecule has 1 aliphatic heterocycles. The van der Waals surface area contributed by atoms with Gasteiger partial charge in [-0.05, 0) is 48.6 Å². The lowest BCUT2D eigenvalue weighted by atomic mass is 9.99. The van der Waals surface area contributed by atoms with E-state index >= 15 is 0 Å². The van der Waals surface area contributed by atoms with Gasteiger partial charge in [-0.1, -0.05) is 26.0 Å². The van der Waals surface area contributed by atoms with Crippen LogP contribution in [0.4, 0.5) is 15.8 Å². The third-order valence-corrected chi connectivity index (χ3v) is 5.43. The van der Waals surface area contributed by atoms with Gasteiger partial charge in [-0.3, -0.25) is 19.8 Å². The Balaban J connectivity index is 1.65. The number of nitro benzene ring substituents is 1. The maximum Gasteiger partial charge on any atom is 0.269 e. The van der Waals surface area contributed by atoms with Gasteiger partial charge in [0.05, 0.1) is 4.92 Å². The fourth-order valence-electron chi connectivity index (χ4n) is 3.92. The molecule has 0 bridgehead atoms. The predicted octanol–water partition coefficient (Wildman–Crippen LogP) is 4.78. The summed E-state index contributed by atoms with van der Waals surface area (Å²) in [6.45, 7) is 6.42. The summed E-state index contributed by atoms with van der Waals surface area (Å²) in [4.78, 5) is 27.5. The summed E-state index contributed by atoms with van der Waals surface area (Å²) in [5.41, 5.74) is 1.87. The van der Waals surface area contributed by atoms with E-state index in [9.17, 15) is 19.3 Å². The first-order chi connectivity index (χ1) is 14.3. The van der Waals surface area contributed by atoms with Crippen LogP contribution in [0.5, 0.6) is 0 Å². The number of amides is 1. The predicted molar refractivity (Wildman–Crippen MR) is 115 cm³/mol. The third kappa shape index (κ3) is 5.63. The zero-order chi connectivity index (χ0) is 21.7. The lowest BCUT2D eigenvalue weighted by molar-refractivity contribution is -0.384. The SMILES string of the molecule is CC(C)CC(=O)N(c1ccc(F)cc1)C1CCN(Cc2ccc([N+](=O)[O-])cc2)CC1. The number of anilines is 1. The molecule has 6 nitrogen and oxygen atoms in total. The van der Waals surface area contributed by atoms with Gasteiger partial charge in [-0.25, -0.2) is 4.39 Å². The summed E-state index contributed by atoms with van der Waals surface area (Å²) in [5.74, 6) is 0.0148. The highest BCUT2D eigenvalue weighted by atomic mass is 19.1. The van der Waals surface area contributed by atoms with Crippen molar-refractivity contribution in [2.45, 2.75) is 45.7 Å². The highest BCUT2D eigenvalue weighted by Gasteiger charge is 2.29. The number of carbonyl (C=O) groups excluding carboxylic acids is 1. The number of rotatable bonds is 7. The van der Waals surface area contributed by atoms with Gasteiger partial charge in [0, 0.05) is 49.9 Å². The van der Waals surface area contributed by atoms with Crippen molar-refractivity contribution in [2.24, 2.45) is 5.92 Å². The van der Waals surface area contributed by atoms with Gasteiger partial charge in [-0.15, -0.1) is 0 Å². The second-order valence-electron chi connectivity index (χ2n) is 8.27. The molecule has 1 amide bonds. The van der Waals surface area contributed by atoms with Gasteiger partial charge in [0.2, 0.25) is 5.91 Å². The summed E-state index contributed by atoms with van der Waals surface area (Å²) in [6.07, 6.45) is 2.11. The van der Waals surface area contributed by atoms with E-state index in [1.807, 2.05) is 18.7 Å². The van der Waals surface area contributed by atoms with Gasteiger partial charge in [-0.2, -0.15) is 0 Å². The van der Waals surface area contributed by atoms with E-state index in [2.05, 4.69) is 4.90 Å². The maximum atomic E-state index is 13.4. The topological polar surface area (TPSA) is 66.7 Å². The van der Waals surface area contributed by atoms with Crippen molar-refractivity contribution in [3.8, 4) is 0 Å². The van der Waals surface area contributed by atoms with Crippen LogP contribution in [0.15, 0.2) is 48.5 Å². The Morgan fingerprint density at radius 3 is 2.27 bits per heavy atom. The standard InChI is InChI=1S/C23H28FN3O3/c1-17(2)15-23(28)26(20-9-5-19(24)6-10-20)21-11-13-25(14-12-21)16-18-3-7-22(8-4-18)27(29)30/h3-10,17,21H,11-16H2,1-2H3. The van der Waals surface area contributed by atoms with Crippen LogP contribution in [0.2, 0.25) is 0 Å². The monoisotopic (exact) mass is 413 g/mol. The van der Waals surface area contributed by atoms with Gasteiger partial charge in [0.15, 0.2) is 0 Å². The van der Waals surface area contributed by atoms with Crippen molar-refractivity contribution < 1.29 is 14.1 Å². The minimum Gasteiger partial charge on any atom is -0.309 e. The Morgan fingerprint density at radius 1 is 1.13 bits per heavy atom. The normalized spacial score (nSPS) is 15.3. The van der Waals surface area contributed by atoms with E-state index in [0.29, 0.717) is 6.42 Å². The van der Waals surface area contributed by atoms with Crippen LogP contribution in [0.3, 0.4) is 0 Å². The van der Waals surface area contributed by atoms with Crippen molar-refractivity contribution in [2.75, 3.05) is 18.0 Å². The molecule has 1 fully saturated rings. The van der Waals surface area contributed by atoms with Crippen LogP contribution in [0, 0.1) is 21.8 Å². The Labute approximate surface area is 176 Å². The van der Waals surface area contributed by atoms with E-state index < -0.39 is 4.92 Å². The molecule has 2 aromatic carbocycles. The molecule has 0 N–H and O–H groups in total. The number of likely N-dealkylation sites (tertiary alicyclic amines) is 1. The number of nitrogens with zero attached hydrogens (tertiary/aromatic N) is 3. The third-order valence-electron chi connectivity index (χ3n) is 5.43. The van der Waals surface area contributed by atoms with Gasteiger partial charge < -0.3 is 4.90 Å².